The smallest absolute Gasteiger partial charge is 0.267 e. The average Bonchev–Trinajstić information content (AvgIpc) is 3.19. The van der Waals surface area contributed by atoms with Gasteiger partial charge in [0.05, 0.1) is 22.0 Å². The van der Waals surface area contributed by atoms with Gasteiger partial charge >= 0.3 is 0 Å². The van der Waals surface area contributed by atoms with Crippen molar-refractivity contribution in [2.75, 3.05) is 5.01 Å². The number of nitrogens with zero attached hydrogens (tertiary/aromatic N) is 3. The molecule has 150 valence electrons. The highest BCUT2D eigenvalue weighted by molar-refractivity contribution is 7.22. The van der Waals surface area contributed by atoms with E-state index in [0.717, 1.165) is 21.0 Å². The van der Waals surface area contributed by atoms with Gasteiger partial charge in [-0.15, -0.1) is 0 Å². The van der Waals surface area contributed by atoms with E-state index in [1.165, 1.54) is 6.21 Å². The van der Waals surface area contributed by atoms with Gasteiger partial charge in [-0.25, -0.2) is 22.5 Å². The van der Waals surface area contributed by atoms with Crippen LogP contribution in [0.4, 0.5) is 22.7 Å². The Bertz CT molecular complexity index is 1240. The lowest BCUT2D eigenvalue weighted by Crippen LogP contribution is -2.27. The van der Waals surface area contributed by atoms with E-state index < -0.39 is 34.7 Å². The number of carbonyl (C=O) groups excluding carboxylic acids is 1. The molecule has 0 atom stereocenters. The highest BCUT2D eigenvalue weighted by Gasteiger charge is 2.28. The second-order valence-electron chi connectivity index (χ2n) is 6.08. The summed E-state index contributed by atoms with van der Waals surface area (Å²) in [5.41, 5.74) is 0.173. The number of fused-ring (bicyclic) bond motifs is 1. The number of thiazole rings is 1. The molecule has 0 aliphatic rings. The van der Waals surface area contributed by atoms with E-state index in [0.29, 0.717) is 17.1 Å². The Morgan fingerprint density at radius 1 is 0.933 bits per heavy atom. The number of benzene rings is 3. The molecule has 4 aromatic rings. The standard InChI is InChI=1S/C21H11F4N3OS/c22-14-10-13(17(23)19(25)18(14)24)20(29)28(26-11-12-6-2-1-3-7-12)21-27-15-8-4-5-9-16(15)30-21/h1-11H. The van der Waals surface area contributed by atoms with Gasteiger partial charge in [0.1, 0.15) is 0 Å². The van der Waals surface area contributed by atoms with Crippen molar-refractivity contribution in [3.8, 4) is 0 Å². The summed E-state index contributed by atoms with van der Waals surface area (Å²) >= 11 is 1.08. The van der Waals surface area contributed by atoms with E-state index in [9.17, 15) is 22.4 Å². The van der Waals surface area contributed by atoms with Crippen LogP contribution in [-0.2, 0) is 0 Å². The zero-order valence-corrected chi connectivity index (χ0v) is 15.8. The number of hydrogen-bond donors (Lipinski definition) is 0. The highest BCUT2D eigenvalue weighted by atomic mass is 32.1. The molecule has 0 saturated carbocycles. The van der Waals surface area contributed by atoms with E-state index >= 15 is 0 Å². The van der Waals surface area contributed by atoms with E-state index in [1.807, 2.05) is 0 Å². The van der Waals surface area contributed by atoms with Gasteiger partial charge in [-0.05, 0) is 23.8 Å². The summed E-state index contributed by atoms with van der Waals surface area (Å²) in [7, 11) is 0. The molecule has 1 amide bonds. The summed E-state index contributed by atoms with van der Waals surface area (Å²) in [6.45, 7) is 0. The van der Waals surface area contributed by atoms with Crippen molar-refractivity contribution >= 4 is 38.8 Å². The maximum absolute atomic E-state index is 14.2. The molecule has 0 radical (unpaired) electrons. The van der Waals surface area contributed by atoms with E-state index in [4.69, 9.17) is 0 Å². The fraction of sp³-hybridized carbons (Fsp3) is 0. The first-order chi connectivity index (χ1) is 14.5. The fourth-order valence-electron chi connectivity index (χ4n) is 2.65. The van der Waals surface area contributed by atoms with Crippen LogP contribution in [0.25, 0.3) is 10.2 Å². The monoisotopic (exact) mass is 429 g/mol. The normalized spacial score (nSPS) is 11.3. The van der Waals surface area contributed by atoms with Gasteiger partial charge in [0.15, 0.2) is 23.3 Å². The Hall–Kier alpha value is -3.59. The predicted molar refractivity (Wildman–Crippen MR) is 107 cm³/mol. The molecule has 0 N–H and O–H groups in total. The van der Waals surface area contributed by atoms with Crippen LogP contribution >= 0.6 is 11.3 Å². The van der Waals surface area contributed by atoms with E-state index in [-0.39, 0.29) is 5.13 Å². The number of rotatable bonds is 4. The molecule has 30 heavy (non-hydrogen) atoms. The zero-order valence-electron chi connectivity index (χ0n) is 15.0. The van der Waals surface area contributed by atoms with Gasteiger partial charge in [0, 0.05) is 0 Å². The summed E-state index contributed by atoms with van der Waals surface area (Å²) < 4.78 is 55.6. The van der Waals surface area contributed by atoms with Crippen LogP contribution in [0.3, 0.4) is 0 Å². The molecular formula is C21H11F4N3OS. The number of anilines is 1. The number of carbonyl (C=O) groups is 1. The van der Waals surface area contributed by atoms with Crippen molar-refractivity contribution in [3.05, 3.63) is 95.1 Å². The van der Waals surface area contributed by atoms with Crippen molar-refractivity contribution in [3.63, 3.8) is 0 Å². The zero-order chi connectivity index (χ0) is 21.3. The number of para-hydroxylation sites is 1. The fourth-order valence-corrected chi connectivity index (χ4v) is 3.57. The molecule has 0 spiro atoms. The number of hydrazone groups is 1. The number of amides is 1. The minimum absolute atomic E-state index is 0.0536. The summed E-state index contributed by atoms with van der Waals surface area (Å²) in [6, 6.07) is 16.0. The van der Waals surface area contributed by atoms with E-state index in [2.05, 4.69) is 10.1 Å². The van der Waals surface area contributed by atoms with Crippen molar-refractivity contribution in [2.24, 2.45) is 5.10 Å². The second-order valence-corrected chi connectivity index (χ2v) is 7.09. The van der Waals surface area contributed by atoms with Crippen molar-refractivity contribution in [1.82, 2.24) is 4.98 Å². The topological polar surface area (TPSA) is 45.6 Å². The van der Waals surface area contributed by atoms with Gasteiger partial charge in [-0.3, -0.25) is 4.79 Å². The molecule has 0 bridgehead atoms. The van der Waals surface area contributed by atoms with Crippen LogP contribution in [0.5, 0.6) is 0 Å². The average molecular weight is 429 g/mol. The minimum Gasteiger partial charge on any atom is -0.267 e. The Labute approximate surface area is 171 Å². The molecule has 9 heteroatoms. The maximum Gasteiger partial charge on any atom is 0.284 e. The Balaban J connectivity index is 1.82. The van der Waals surface area contributed by atoms with Crippen LogP contribution in [-0.4, -0.2) is 17.1 Å². The third kappa shape index (κ3) is 3.67. The first-order valence-corrected chi connectivity index (χ1v) is 9.39. The van der Waals surface area contributed by atoms with Crippen LogP contribution in [0.2, 0.25) is 0 Å². The summed E-state index contributed by atoms with van der Waals surface area (Å²) in [5, 5.41) is 4.84. The highest BCUT2D eigenvalue weighted by Crippen LogP contribution is 2.31. The Morgan fingerprint density at radius 2 is 1.63 bits per heavy atom. The van der Waals surface area contributed by atoms with Crippen LogP contribution in [0.15, 0.2) is 65.8 Å². The quantitative estimate of drug-likeness (QED) is 0.141. The molecule has 0 fully saturated rings. The molecule has 0 saturated heterocycles. The van der Waals surface area contributed by atoms with Gasteiger partial charge in [0.2, 0.25) is 5.13 Å². The number of hydrogen-bond acceptors (Lipinski definition) is 4. The molecule has 1 aromatic heterocycles. The first kappa shape index (κ1) is 19.7. The third-order valence-corrected chi connectivity index (χ3v) is 5.12. The van der Waals surface area contributed by atoms with Gasteiger partial charge in [0.25, 0.3) is 5.91 Å². The Morgan fingerprint density at radius 3 is 2.37 bits per heavy atom. The summed E-state index contributed by atoms with van der Waals surface area (Å²) in [6.07, 6.45) is 1.32. The summed E-state index contributed by atoms with van der Waals surface area (Å²) in [4.78, 5) is 17.3. The molecule has 0 aliphatic heterocycles. The molecule has 0 aliphatic carbocycles. The number of aromatic nitrogens is 1. The molecule has 1 heterocycles. The van der Waals surface area contributed by atoms with E-state index in [1.54, 1.807) is 54.6 Å². The molecule has 4 nitrogen and oxygen atoms in total. The van der Waals surface area contributed by atoms with Crippen molar-refractivity contribution in [1.29, 1.82) is 0 Å². The van der Waals surface area contributed by atoms with Gasteiger partial charge in [-0.1, -0.05) is 53.8 Å². The number of halogens is 4. The van der Waals surface area contributed by atoms with Crippen molar-refractivity contribution in [2.45, 2.75) is 0 Å². The molecule has 3 aromatic carbocycles. The SMILES string of the molecule is O=C(c1cc(F)c(F)c(F)c1F)N(N=Cc1ccccc1)c1nc2ccccc2s1. The Kier molecular flexibility index (Phi) is 5.28. The van der Waals surface area contributed by atoms with Gasteiger partial charge in [-0.2, -0.15) is 10.1 Å². The van der Waals surface area contributed by atoms with Crippen LogP contribution in [0.1, 0.15) is 15.9 Å². The maximum atomic E-state index is 14.2. The van der Waals surface area contributed by atoms with Crippen LogP contribution < -0.4 is 5.01 Å². The minimum atomic E-state index is -2.07. The summed E-state index contributed by atoms with van der Waals surface area (Å²) in [5.74, 6) is -8.76. The predicted octanol–water partition coefficient (Wildman–Crippen LogP) is 5.53. The van der Waals surface area contributed by atoms with Crippen LogP contribution in [0, 0.1) is 23.3 Å². The largest absolute Gasteiger partial charge is 0.284 e. The van der Waals surface area contributed by atoms with Gasteiger partial charge < -0.3 is 0 Å². The lowest BCUT2D eigenvalue weighted by molar-refractivity contribution is 0.0982. The molecule has 0 unspecified atom stereocenters. The second kappa shape index (κ2) is 8.03. The molecule has 4 rings (SSSR count). The lowest BCUT2D eigenvalue weighted by atomic mass is 10.1. The molecular weight excluding hydrogens is 418 g/mol. The first-order valence-electron chi connectivity index (χ1n) is 8.57. The lowest BCUT2D eigenvalue weighted by Gasteiger charge is -2.15. The van der Waals surface area contributed by atoms with Crippen molar-refractivity contribution < 1.29 is 22.4 Å². The third-order valence-electron chi connectivity index (χ3n) is 4.11.